The highest BCUT2D eigenvalue weighted by Crippen LogP contribution is 2.43. The predicted molar refractivity (Wildman–Crippen MR) is 57.3 cm³/mol. The van der Waals surface area contributed by atoms with Gasteiger partial charge in [0.1, 0.15) is 5.82 Å². The average Bonchev–Trinajstić information content (AvgIpc) is 3.12. The lowest BCUT2D eigenvalue weighted by Gasteiger charge is -2.07. The van der Waals surface area contributed by atoms with Crippen LogP contribution in [-0.4, -0.2) is 21.0 Å². The third-order valence-electron chi connectivity index (χ3n) is 3.16. The summed E-state index contributed by atoms with van der Waals surface area (Å²) >= 11 is 0. The van der Waals surface area contributed by atoms with Crippen LogP contribution in [0.5, 0.6) is 0 Å². The Bertz CT molecular complexity index is 437. The molecular weight excluding hydrogens is 204 g/mol. The van der Waals surface area contributed by atoms with Gasteiger partial charge in [-0.25, -0.2) is 9.97 Å². The van der Waals surface area contributed by atoms with Crippen molar-refractivity contribution in [3.63, 3.8) is 0 Å². The highest BCUT2D eigenvalue weighted by atomic mass is 16.4. The number of carboxylic acids is 1. The van der Waals surface area contributed by atoms with Crippen LogP contribution in [-0.2, 0) is 11.2 Å². The van der Waals surface area contributed by atoms with Crippen molar-refractivity contribution in [1.29, 1.82) is 0 Å². The van der Waals surface area contributed by atoms with Gasteiger partial charge in [-0.15, -0.1) is 0 Å². The van der Waals surface area contributed by atoms with Crippen molar-refractivity contribution in [3.05, 3.63) is 23.3 Å². The van der Waals surface area contributed by atoms with Crippen LogP contribution in [0, 0.1) is 0 Å². The molecule has 1 aromatic rings. The van der Waals surface area contributed by atoms with E-state index in [2.05, 4.69) is 9.97 Å². The number of carbonyl (C=O) groups is 1. The normalized spacial score (nSPS) is 19.8. The van der Waals surface area contributed by atoms with Gasteiger partial charge >= 0.3 is 5.97 Å². The van der Waals surface area contributed by atoms with E-state index >= 15 is 0 Å². The average molecular weight is 218 g/mol. The predicted octanol–water partition coefficient (Wildman–Crippen LogP) is 1.86. The van der Waals surface area contributed by atoms with Gasteiger partial charge in [-0.3, -0.25) is 4.79 Å². The summed E-state index contributed by atoms with van der Waals surface area (Å²) in [4.78, 5) is 19.6. The molecule has 84 valence electrons. The van der Waals surface area contributed by atoms with Gasteiger partial charge in [-0.05, 0) is 25.7 Å². The molecule has 4 nitrogen and oxygen atoms in total. The Kier molecular flexibility index (Phi) is 2.16. The highest BCUT2D eigenvalue weighted by molar-refractivity contribution is 5.70. The molecule has 0 aliphatic heterocycles. The molecule has 16 heavy (non-hydrogen) atoms. The molecule has 2 aliphatic rings. The van der Waals surface area contributed by atoms with E-state index in [9.17, 15) is 4.79 Å². The fourth-order valence-electron chi connectivity index (χ4n) is 1.98. The molecule has 4 heteroatoms. The number of rotatable bonds is 4. The van der Waals surface area contributed by atoms with Crippen molar-refractivity contribution >= 4 is 5.97 Å². The summed E-state index contributed by atoms with van der Waals surface area (Å²) in [5, 5.41) is 8.83. The summed E-state index contributed by atoms with van der Waals surface area (Å²) in [6.45, 7) is 0. The van der Waals surface area contributed by atoms with Crippen molar-refractivity contribution in [1.82, 2.24) is 9.97 Å². The van der Waals surface area contributed by atoms with E-state index in [-0.39, 0.29) is 6.42 Å². The first-order valence-electron chi connectivity index (χ1n) is 5.81. The van der Waals surface area contributed by atoms with Crippen LogP contribution < -0.4 is 0 Å². The van der Waals surface area contributed by atoms with Crippen LogP contribution in [0.2, 0.25) is 0 Å². The Balaban J connectivity index is 1.93. The molecule has 0 radical (unpaired) electrons. The van der Waals surface area contributed by atoms with Gasteiger partial charge in [-0.2, -0.15) is 0 Å². The van der Waals surface area contributed by atoms with Gasteiger partial charge < -0.3 is 5.11 Å². The zero-order chi connectivity index (χ0) is 11.1. The third-order valence-corrected chi connectivity index (χ3v) is 3.16. The smallest absolute Gasteiger partial charge is 0.307 e. The second-order valence-electron chi connectivity index (χ2n) is 4.76. The lowest BCUT2D eigenvalue weighted by molar-refractivity contribution is -0.136. The quantitative estimate of drug-likeness (QED) is 0.837. The number of aromatic nitrogens is 2. The minimum Gasteiger partial charge on any atom is -0.481 e. The number of aliphatic carboxylic acids is 1. The Morgan fingerprint density at radius 3 is 2.56 bits per heavy atom. The molecule has 0 aromatic carbocycles. The first-order chi connectivity index (χ1) is 7.74. The van der Waals surface area contributed by atoms with E-state index in [1.165, 1.54) is 12.8 Å². The van der Waals surface area contributed by atoms with Crippen molar-refractivity contribution in [2.75, 3.05) is 0 Å². The molecule has 2 aliphatic carbocycles. The largest absolute Gasteiger partial charge is 0.481 e. The molecule has 1 heterocycles. The SMILES string of the molecule is O=C(O)Cc1cnc(C2CC2)nc1C1CC1. The molecule has 0 amide bonds. The maximum Gasteiger partial charge on any atom is 0.307 e. The molecular formula is C12H14N2O2. The Labute approximate surface area is 93.7 Å². The van der Waals surface area contributed by atoms with Gasteiger partial charge in [0, 0.05) is 23.6 Å². The van der Waals surface area contributed by atoms with E-state index in [0.29, 0.717) is 11.8 Å². The summed E-state index contributed by atoms with van der Waals surface area (Å²) in [6, 6.07) is 0. The zero-order valence-corrected chi connectivity index (χ0v) is 9.02. The minimum atomic E-state index is -0.801. The van der Waals surface area contributed by atoms with E-state index in [1.54, 1.807) is 6.20 Å². The minimum absolute atomic E-state index is 0.0524. The van der Waals surface area contributed by atoms with Crippen LogP contribution in [0.1, 0.15) is 54.6 Å². The second-order valence-corrected chi connectivity index (χ2v) is 4.76. The number of hydrogen-bond donors (Lipinski definition) is 1. The van der Waals surface area contributed by atoms with E-state index < -0.39 is 5.97 Å². The zero-order valence-electron chi connectivity index (χ0n) is 9.02. The third kappa shape index (κ3) is 1.92. The molecule has 2 saturated carbocycles. The van der Waals surface area contributed by atoms with E-state index in [1.807, 2.05) is 0 Å². The summed E-state index contributed by atoms with van der Waals surface area (Å²) in [6.07, 6.45) is 6.44. The van der Waals surface area contributed by atoms with Crippen LogP contribution >= 0.6 is 0 Å². The first kappa shape index (κ1) is 9.75. The van der Waals surface area contributed by atoms with Crippen molar-refractivity contribution in [2.45, 2.75) is 43.9 Å². The molecule has 2 fully saturated rings. The van der Waals surface area contributed by atoms with Gasteiger partial charge in [0.2, 0.25) is 0 Å². The van der Waals surface area contributed by atoms with Crippen molar-refractivity contribution in [3.8, 4) is 0 Å². The molecule has 1 N–H and O–H groups in total. The number of hydrogen-bond acceptors (Lipinski definition) is 3. The van der Waals surface area contributed by atoms with Gasteiger partial charge in [-0.1, -0.05) is 0 Å². The van der Waals surface area contributed by atoms with Gasteiger partial charge in [0.25, 0.3) is 0 Å². The topological polar surface area (TPSA) is 63.1 Å². The fraction of sp³-hybridized carbons (Fsp3) is 0.583. The van der Waals surface area contributed by atoms with Crippen LogP contribution in [0.3, 0.4) is 0 Å². The maximum atomic E-state index is 10.7. The molecule has 3 rings (SSSR count). The first-order valence-corrected chi connectivity index (χ1v) is 5.81. The maximum absolute atomic E-state index is 10.7. The van der Waals surface area contributed by atoms with E-state index in [0.717, 1.165) is 29.9 Å². The Morgan fingerprint density at radius 1 is 1.31 bits per heavy atom. The van der Waals surface area contributed by atoms with Crippen LogP contribution in [0.15, 0.2) is 6.20 Å². The molecule has 0 atom stereocenters. The Hall–Kier alpha value is -1.45. The van der Waals surface area contributed by atoms with Gasteiger partial charge in [0.05, 0.1) is 12.1 Å². The lowest BCUT2D eigenvalue weighted by atomic mass is 10.1. The highest BCUT2D eigenvalue weighted by Gasteiger charge is 2.32. The molecule has 0 saturated heterocycles. The number of nitrogens with zero attached hydrogens (tertiary/aromatic N) is 2. The fourth-order valence-corrected chi connectivity index (χ4v) is 1.98. The standard InChI is InChI=1S/C12H14N2O2/c15-10(16)5-9-6-13-12(8-3-4-8)14-11(9)7-1-2-7/h6-8H,1-5H2,(H,15,16). The monoisotopic (exact) mass is 218 g/mol. The van der Waals surface area contributed by atoms with Crippen molar-refractivity contribution < 1.29 is 9.90 Å². The van der Waals surface area contributed by atoms with E-state index in [4.69, 9.17) is 5.11 Å². The molecule has 0 spiro atoms. The summed E-state index contributed by atoms with van der Waals surface area (Å²) in [5.41, 5.74) is 1.80. The lowest BCUT2D eigenvalue weighted by Crippen LogP contribution is -2.07. The second kappa shape index (κ2) is 3.54. The molecule has 0 bridgehead atoms. The summed E-state index contributed by atoms with van der Waals surface area (Å²) in [5.74, 6) is 1.16. The van der Waals surface area contributed by atoms with Gasteiger partial charge in [0.15, 0.2) is 0 Å². The molecule has 1 aromatic heterocycles. The van der Waals surface area contributed by atoms with Crippen LogP contribution in [0.4, 0.5) is 0 Å². The van der Waals surface area contributed by atoms with Crippen LogP contribution in [0.25, 0.3) is 0 Å². The Morgan fingerprint density at radius 2 is 2.00 bits per heavy atom. The van der Waals surface area contributed by atoms with Crippen molar-refractivity contribution in [2.24, 2.45) is 0 Å². The summed E-state index contributed by atoms with van der Waals surface area (Å²) in [7, 11) is 0. The molecule has 0 unspecified atom stereocenters. The number of carboxylic acid groups (broad SMARTS) is 1. The summed E-state index contributed by atoms with van der Waals surface area (Å²) < 4.78 is 0.